The van der Waals surface area contributed by atoms with Crippen LogP contribution in [0.15, 0.2) is 29.3 Å². The molecule has 1 amide bonds. The molecule has 0 heterocycles. The summed E-state index contributed by atoms with van der Waals surface area (Å²) in [7, 11) is 0. The smallest absolute Gasteiger partial charge is 0.433 e. The van der Waals surface area contributed by atoms with Crippen molar-refractivity contribution in [1.82, 2.24) is 0 Å². The normalized spacial score (nSPS) is 11.2. The fourth-order valence-corrected chi connectivity index (χ4v) is 0.821. The molecule has 1 aromatic carbocycles. The number of amides is 1. The minimum absolute atomic E-state index is 0.0347. The van der Waals surface area contributed by atoms with Crippen LogP contribution in [0, 0.1) is 0 Å². The Morgan fingerprint density at radius 3 is 2.31 bits per heavy atom. The van der Waals surface area contributed by atoms with Crippen molar-refractivity contribution < 1.29 is 9.90 Å². The van der Waals surface area contributed by atoms with E-state index in [1.807, 2.05) is 0 Å². The first-order valence-corrected chi connectivity index (χ1v) is 3.52. The average Bonchev–Trinajstić information content (AvgIpc) is 2.04. The number of rotatable bonds is 1. The maximum absolute atomic E-state index is 10.2. The zero-order valence-electron chi connectivity index (χ0n) is 6.77. The van der Waals surface area contributed by atoms with E-state index in [1.165, 1.54) is 0 Å². The summed E-state index contributed by atoms with van der Waals surface area (Å²) < 4.78 is 0. The number of nitrogens with zero attached hydrogens (tertiary/aromatic N) is 1. The molecule has 0 spiro atoms. The zero-order valence-corrected chi connectivity index (χ0v) is 6.77. The number of carbonyl (C=O) groups is 1. The number of hydrogen-bond donors (Lipinski definition) is 3. The van der Waals surface area contributed by atoms with Crippen LogP contribution in [0.4, 0.5) is 10.5 Å². The lowest BCUT2D eigenvalue weighted by molar-refractivity contribution is 0.205. The highest BCUT2D eigenvalue weighted by Gasteiger charge is 1.99. The predicted octanol–water partition coefficient (Wildman–Crippen LogP) is 0.652. The van der Waals surface area contributed by atoms with Gasteiger partial charge in [-0.25, -0.2) is 4.79 Å². The van der Waals surface area contributed by atoms with E-state index in [0.717, 1.165) is 0 Å². The Kier molecular flexibility index (Phi) is 2.49. The molecule has 0 fully saturated rings. The molecule has 1 rings (SSSR count). The summed E-state index contributed by atoms with van der Waals surface area (Å²) in [6.07, 6.45) is -1.31. The van der Waals surface area contributed by atoms with Crippen molar-refractivity contribution >= 4 is 17.6 Å². The van der Waals surface area contributed by atoms with Crippen molar-refractivity contribution in [3.8, 4) is 0 Å². The molecule has 0 unspecified atom stereocenters. The monoisotopic (exact) mass is 179 g/mol. The first-order valence-electron chi connectivity index (χ1n) is 3.52. The van der Waals surface area contributed by atoms with E-state index in [1.54, 1.807) is 24.3 Å². The van der Waals surface area contributed by atoms with Crippen LogP contribution in [0.25, 0.3) is 0 Å². The number of benzene rings is 1. The van der Waals surface area contributed by atoms with E-state index in [9.17, 15) is 4.79 Å². The van der Waals surface area contributed by atoms with Crippen molar-refractivity contribution in [3.63, 3.8) is 0 Å². The van der Waals surface area contributed by atoms with E-state index in [4.69, 9.17) is 16.6 Å². The summed E-state index contributed by atoms with van der Waals surface area (Å²) in [6.45, 7) is 0. The number of amidine groups is 1. The molecule has 13 heavy (non-hydrogen) atoms. The third-order valence-corrected chi connectivity index (χ3v) is 1.42. The van der Waals surface area contributed by atoms with Gasteiger partial charge in [0.25, 0.3) is 0 Å². The molecule has 5 nitrogen and oxygen atoms in total. The van der Waals surface area contributed by atoms with Crippen LogP contribution >= 0.6 is 0 Å². The summed E-state index contributed by atoms with van der Waals surface area (Å²) in [6, 6.07) is 6.47. The van der Waals surface area contributed by atoms with Gasteiger partial charge in [0.05, 0.1) is 0 Å². The lowest BCUT2D eigenvalue weighted by Crippen LogP contribution is -2.15. The van der Waals surface area contributed by atoms with Gasteiger partial charge in [0.2, 0.25) is 0 Å². The Hall–Kier alpha value is -2.04. The van der Waals surface area contributed by atoms with Crippen LogP contribution in [0.3, 0.4) is 0 Å². The van der Waals surface area contributed by atoms with Gasteiger partial charge in [-0.15, -0.1) is 0 Å². The van der Waals surface area contributed by atoms with Crippen molar-refractivity contribution in [2.75, 3.05) is 5.73 Å². The molecule has 0 saturated carbocycles. The third kappa shape index (κ3) is 2.48. The molecule has 0 bridgehead atoms. The molecule has 0 aliphatic carbocycles. The summed E-state index contributed by atoms with van der Waals surface area (Å²) in [5.41, 5.74) is 11.9. The van der Waals surface area contributed by atoms with Crippen molar-refractivity contribution in [3.05, 3.63) is 29.8 Å². The van der Waals surface area contributed by atoms with Gasteiger partial charge >= 0.3 is 6.09 Å². The maximum atomic E-state index is 10.2. The second kappa shape index (κ2) is 3.57. The van der Waals surface area contributed by atoms with Crippen LogP contribution in [-0.4, -0.2) is 17.0 Å². The quantitative estimate of drug-likeness (QED) is 0.334. The molecule has 0 saturated heterocycles. The van der Waals surface area contributed by atoms with Crippen LogP contribution in [0.2, 0.25) is 0 Å². The summed E-state index contributed by atoms with van der Waals surface area (Å²) >= 11 is 0. The molecule has 0 aromatic heterocycles. The topological polar surface area (TPSA) is 102 Å². The first-order chi connectivity index (χ1) is 6.09. The highest BCUT2D eigenvalue weighted by atomic mass is 16.4. The van der Waals surface area contributed by atoms with Crippen LogP contribution in [-0.2, 0) is 0 Å². The van der Waals surface area contributed by atoms with E-state index in [-0.39, 0.29) is 5.84 Å². The van der Waals surface area contributed by atoms with E-state index in [0.29, 0.717) is 11.3 Å². The van der Waals surface area contributed by atoms with Gasteiger partial charge < -0.3 is 16.6 Å². The van der Waals surface area contributed by atoms with Crippen molar-refractivity contribution in [1.29, 1.82) is 0 Å². The third-order valence-electron chi connectivity index (χ3n) is 1.42. The summed E-state index contributed by atoms with van der Waals surface area (Å²) in [5.74, 6) is -0.0347. The molecule has 0 aliphatic rings. The minimum Gasteiger partial charge on any atom is -0.463 e. The van der Waals surface area contributed by atoms with E-state index < -0.39 is 6.09 Å². The fourth-order valence-electron chi connectivity index (χ4n) is 0.821. The predicted molar refractivity (Wildman–Crippen MR) is 49.6 cm³/mol. The second-order valence-corrected chi connectivity index (χ2v) is 2.40. The van der Waals surface area contributed by atoms with Crippen molar-refractivity contribution in [2.45, 2.75) is 0 Å². The van der Waals surface area contributed by atoms with Gasteiger partial charge in [-0.05, 0) is 24.3 Å². The Labute approximate surface area is 74.7 Å². The second-order valence-electron chi connectivity index (χ2n) is 2.40. The van der Waals surface area contributed by atoms with Gasteiger partial charge in [-0.3, -0.25) is 0 Å². The molecule has 1 aromatic rings. The van der Waals surface area contributed by atoms with Crippen molar-refractivity contribution in [2.24, 2.45) is 10.7 Å². The van der Waals surface area contributed by atoms with Crippen LogP contribution in [0.5, 0.6) is 0 Å². The Morgan fingerprint density at radius 1 is 1.31 bits per heavy atom. The van der Waals surface area contributed by atoms with Gasteiger partial charge in [-0.1, -0.05) is 0 Å². The minimum atomic E-state index is -1.31. The highest BCUT2D eigenvalue weighted by Crippen LogP contribution is 2.04. The molecule has 68 valence electrons. The van der Waals surface area contributed by atoms with E-state index >= 15 is 0 Å². The molecule has 0 atom stereocenters. The molecule has 0 radical (unpaired) electrons. The standard InChI is InChI=1S/C8H9N3O2/c9-6-3-1-5(2-4-6)7(10)11-8(12)13/h1-4H,9H2,(H2,10,11)(H,12,13). The Bertz CT molecular complexity index is 343. The number of carboxylic acid groups (broad SMARTS) is 1. The van der Waals surface area contributed by atoms with Crippen LogP contribution in [0.1, 0.15) is 5.56 Å². The molecule has 5 N–H and O–H groups in total. The Balaban J connectivity index is 2.96. The number of nitrogens with two attached hydrogens (primary N) is 2. The molecule has 5 heteroatoms. The summed E-state index contributed by atoms with van der Waals surface area (Å²) in [4.78, 5) is 13.3. The largest absolute Gasteiger partial charge is 0.463 e. The van der Waals surface area contributed by atoms with Gasteiger partial charge in [0.15, 0.2) is 0 Å². The lowest BCUT2D eigenvalue weighted by Gasteiger charge is -1.98. The zero-order chi connectivity index (χ0) is 9.84. The van der Waals surface area contributed by atoms with Gasteiger partial charge in [0, 0.05) is 11.3 Å². The number of anilines is 1. The number of aliphatic imine (C=N–C) groups is 1. The van der Waals surface area contributed by atoms with Gasteiger partial charge in [0.1, 0.15) is 5.84 Å². The van der Waals surface area contributed by atoms with Crippen LogP contribution < -0.4 is 11.5 Å². The molecule has 0 aliphatic heterocycles. The molecular formula is C8H9N3O2. The number of hydrogen-bond acceptors (Lipinski definition) is 2. The fraction of sp³-hybridized carbons (Fsp3) is 0. The molecular weight excluding hydrogens is 170 g/mol. The maximum Gasteiger partial charge on any atom is 0.433 e. The lowest BCUT2D eigenvalue weighted by atomic mass is 10.2. The van der Waals surface area contributed by atoms with Gasteiger partial charge in [-0.2, -0.15) is 4.99 Å². The Morgan fingerprint density at radius 2 is 1.85 bits per heavy atom. The number of nitrogen functional groups attached to an aromatic ring is 1. The average molecular weight is 179 g/mol. The SMILES string of the molecule is N/C(=N\C(=O)O)c1ccc(N)cc1. The van der Waals surface area contributed by atoms with E-state index in [2.05, 4.69) is 4.99 Å². The summed E-state index contributed by atoms with van der Waals surface area (Å²) in [5, 5.41) is 8.31. The highest BCUT2D eigenvalue weighted by molar-refractivity contribution is 6.02. The first kappa shape index (κ1) is 9.05.